The molecular formula is C48H74N8O19. The highest BCUT2D eigenvalue weighted by Crippen LogP contribution is 2.24. The molecule has 2 aliphatic rings. The monoisotopic (exact) mass is 1070 g/mol. The lowest BCUT2D eigenvalue weighted by atomic mass is 10.1. The molecule has 1 aromatic carbocycles. The molecule has 1 fully saturated rings. The summed E-state index contributed by atoms with van der Waals surface area (Å²) < 4.78 is 54.4. The molecule has 2 atom stereocenters. The van der Waals surface area contributed by atoms with Crippen molar-refractivity contribution in [1.29, 1.82) is 0 Å². The molecule has 1 unspecified atom stereocenters. The molecule has 0 aliphatic carbocycles. The Labute approximate surface area is 435 Å². The number of nitrogens with two attached hydrogens (primary N) is 1. The SMILES string of the molecule is C[C@H](NC(=O)CCOCCOCCOCCOCCOCCOCCOCCOCCNC(=O)CCN1C(=O)C=CC1=O)C(=O)NCC(=O)Nc1ccc(C(OC(=O)NC(C)(C)C(N)=O)C(=O)N2CCOCC2)cc1. The van der Waals surface area contributed by atoms with Crippen molar-refractivity contribution in [3.63, 3.8) is 0 Å². The first-order chi connectivity index (χ1) is 36.1. The first kappa shape index (κ1) is 63.1. The van der Waals surface area contributed by atoms with Crippen LogP contribution in [0.2, 0.25) is 0 Å². The first-order valence-electron chi connectivity index (χ1n) is 24.6. The molecule has 0 saturated carbocycles. The van der Waals surface area contributed by atoms with E-state index in [0.717, 1.165) is 4.90 Å². The topological polar surface area (TPSA) is 339 Å². The van der Waals surface area contributed by atoms with Crippen LogP contribution in [-0.2, 0) is 85.7 Å². The van der Waals surface area contributed by atoms with E-state index in [0.29, 0.717) is 117 Å². The first-order valence-corrected chi connectivity index (χ1v) is 24.6. The van der Waals surface area contributed by atoms with Gasteiger partial charge in [0.15, 0.2) is 0 Å². The number of carbonyl (C=O) groups is 9. The molecule has 0 aromatic heterocycles. The summed E-state index contributed by atoms with van der Waals surface area (Å²) in [6.07, 6.45) is -0.0352. The van der Waals surface area contributed by atoms with Crippen LogP contribution < -0.4 is 32.3 Å². The van der Waals surface area contributed by atoms with E-state index in [1.807, 2.05) is 0 Å². The standard InChI is InChI=1S/C48H74N8O19/c1-35(44(62)51-34-40(59)53-37-6-4-36(5-7-37)43(45(63)55-14-18-68-19-15-55)75-47(65)54-48(2,3)46(49)64)52-39(58)11-16-66-20-22-69-24-26-71-28-30-73-32-33-74-31-29-72-27-25-70-23-21-67-17-12-50-38(57)10-13-56-41(60)8-9-42(56)61/h4-9,35,43H,10-34H2,1-3H3,(H2,49,64)(H,50,57)(H,51,62)(H,52,58)(H,53,59)(H,54,65)/t35-,43?/m0/s1. The van der Waals surface area contributed by atoms with Crippen LogP contribution in [0.4, 0.5) is 10.5 Å². The fourth-order valence-electron chi connectivity index (χ4n) is 6.33. The minimum Gasteiger partial charge on any atom is -0.431 e. The molecule has 1 aromatic rings. The highest BCUT2D eigenvalue weighted by Gasteiger charge is 2.34. The fraction of sp³-hybridized carbons (Fsp3) is 0.646. The Morgan fingerprint density at radius 1 is 0.640 bits per heavy atom. The van der Waals surface area contributed by atoms with Gasteiger partial charge in [-0.1, -0.05) is 12.1 Å². The second kappa shape index (κ2) is 36.7. The van der Waals surface area contributed by atoms with E-state index in [2.05, 4.69) is 26.6 Å². The molecule has 1 saturated heterocycles. The van der Waals surface area contributed by atoms with Gasteiger partial charge in [0.05, 0.1) is 125 Å². The van der Waals surface area contributed by atoms with Gasteiger partial charge < -0.3 is 84.6 Å². The lowest BCUT2D eigenvalue weighted by molar-refractivity contribution is -0.145. The van der Waals surface area contributed by atoms with Gasteiger partial charge in [0.2, 0.25) is 35.6 Å². The molecular weight excluding hydrogens is 993 g/mol. The second-order valence-corrected chi connectivity index (χ2v) is 16.9. The van der Waals surface area contributed by atoms with Crippen molar-refractivity contribution in [3.05, 3.63) is 42.0 Å². The smallest absolute Gasteiger partial charge is 0.409 e. The van der Waals surface area contributed by atoms with Crippen LogP contribution >= 0.6 is 0 Å². The van der Waals surface area contributed by atoms with Crippen molar-refractivity contribution in [2.45, 2.75) is 51.3 Å². The van der Waals surface area contributed by atoms with Crippen molar-refractivity contribution in [2.75, 3.05) is 157 Å². The van der Waals surface area contributed by atoms with E-state index in [1.54, 1.807) is 0 Å². The van der Waals surface area contributed by atoms with Crippen molar-refractivity contribution >= 4 is 59.0 Å². The molecule has 0 bridgehead atoms. The van der Waals surface area contributed by atoms with Gasteiger partial charge in [-0.3, -0.25) is 43.3 Å². The Bertz CT molecular complexity index is 1970. The summed E-state index contributed by atoms with van der Waals surface area (Å²) in [5, 5.41) is 12.7. The van der Waals surface area contributed by atoms with E-state index >= 15 is 0 Å². The molecule has 7 N–H and O–H groups in total. The Morgan fingerprint density at radius 2 is 1.12 bits per heavy atom. The summed E-state index contributed by atoms with van der Waals surface area (Å²) in [7, 11) is 0. The number of hydrogen-bond donors (Lipinski definition) is 6. The number of ether oxygens (including phenoxy) is 10. The molecule has 2 aliphatic heterocycles. The summed E-state index contributed by atoms with van der Waals surface area (Å²) in [4.78, 5) is 113. The predicted molar refractivity (Wildman–Crippen MR) is 263 cm³/mol. The number of carbonyl (C=O) groups excluding carboxylic acids is 9. The molecule has 2 heterocycles. The van der Waals surface area contributed by atoms with Gasteiger partial charge in [-0.05, 0) is 32.9 Å². The zero-order chi connectivity index (χ0) is 54.7. The summed E-state index contributed by atoms with van der Waals surface area (Å²) >= 11 is 0. The van der Waals surface area contributed by atoms with Crippen LogP contribution in [0.25, 0.3) is 0 Å². The molecule has 0 spiro atoms. The molecule has 3 rings (SSSR count). The summed E-state index contributed by atoms with van der Waals surface area (Å²) in [6.45, 7) is 10.9. The van der Waals surface area contributed by atoms with Gasteiger partial charge in [-0.25, -0.2) is 4.79 Å². The minimum absolute atomic E-state index is 0.00418. The number of benzene rings is 1. The fourth-order valence-corrected chi connectivity index (χ4v) is 6.33. The molecule has 75 heavy (non-hydrogen) atoms. The third-order valence-corrected chi connectivity index (χ3v) is 10.6. The highest BCUT2D eigenvalue weighted by molar-refractivity contribution is 6.13. The third-order valence-electron chi connectivity index (χ3n) is 10.6. The van der Waals surface area contributed by atoms with Crippen LogP contribution in [0.1, 0.15) is 45.3 Å². The Kier molecular flexibility index (Phi) is 30.9. The number of primary amides is 1. The van der Waals surface area contributed by atoms with Gasteiger partial charge in [0.25, 0.3) is 17.7 Å². The van der Waals surface area contributed by atoms with Gasteiger partial charge in [0, 0.05) is 62.4 Å². The quantitative estimate of drug-likeness (QED) is 0.0309. The van der Waals surface area contributed by atoms with Crippen molar-refractivity contribution in [3.8, 4) is 0 Å². The number of amides is 9. The largest absolute Gasteiger partial charge is 0.431 e. The Hall–Kier alpha value is -6.17. The van der Waals surface area contributed by atoms with Crippen LogP contribution in [-0.4, -0.2) is 226 Å². The lowest BCUT2D eigenvalue weighted by Gasteiger charge is -2.31. The molecule has 27 heteroatoms. The van der Waals surface area contributed by atoms with Gasteiger partial charge in [0.1, 0.15) is 11.6 Å². The number of alkyl carbamates (subject to hydrolysis) is 1. The maximum atomic E-state index is 13.4. The Morgan fingerprint density at radius 3 is 1.61 bits per heavy atom. The molecule has 0 radical (unpaired) electrons. The maximum Gasteiger partial charge on any atom is 0.409 e. The van der Waals surface area contributed by atoms with Gasteiger partial charge in [-0.15, -0.1) is 0 Å². The van der Waals surface area contributed by atoms with Crippen LogP contribution in [0.3, 0.4) is 0 Å². The van der Waals surface area contributed by atoms with Crippen molar-refractivity contribution in [1.82, 2.24) is 31.1 Å². The maximum absolute atomic E-state index is 13.4. The van der Waals surface area contributed by atoms with Crippen molar-refractivity contribution < 1.29 is 90.5 Å². The minimum atomic E-state index is -1.45. The van der Waals surface area contributed by atoms with E-state index in [-0.39, 0.29) is 58.2 Å². The average molecular weight is 1070 g/mol. The Balaban J connectivity index is 1.08. The van der Waals surface area contributed by atoms with E-state index in [9.17, 15) is 43.2 Å². The average Bonchev–Trinajstić information content (AvgIpc) is 3.71. The summed E-state index contributed by atoms with van der Waals surface area (Å²) in [6, 6.07) is 5.02. The van der Waals surface area contributed by atoms with Crippen molar-refractivity contribution in [2.24, 2.45) is 5.73 Å². The lowest BCUT2D eigenvalue weighted by Crippen LogP contribution is -2.53. The van der Waals surface area contributed by atoms with Gasteiger partial charge in [-0.2, -0.15) is 0 Å². The number of morpholine rings is 1. The predicted octanol–water partition coefficient (Wildman–Crippen LogP) is -1.91. The molecule has 27 nitrogen and oxygen atoms in total. The number of anilines is 1. The number of rotatable bonds is 40. The highest BCUT2D eigenvalue weighted by atomic mass is 16.6. The number of nitrogens with one attached hydrogen (secondary N) is 5. The van der Waals surface area contributed by atoms with Crippen LogP contribution in [0.5, 0.6) is 0 Å². The number of imide groups is 1. The second-order valence-electron chi connectivity index (χ2n) is 16.9. The zero-order valence-electron chi connectivity index (χ0n) is 43.0. The van der Waals surface area contributed by atoms with E-state index in [4.69, 9.17) is 53.1 Å². The summed E-state index contributed by atoms with van der Waals surface area (Å²) in [5.41, 5.74) is 4.52. The molecule has 420 valence electrons. The van der Waals surface area contributed by atoms with Crippen LogP contribution in [0, 0.1) is 0 Å². The van der Waals surface area contributed by atoms with Gasteiger partial charge >= 0.3 is 6.09 Å². The normalized spacial score (nSPS) is 14.3. The number of hydrogen-bond acceptors (Lipinski definition) is 19. The zero-order valence-corrected chi connectivity index (χ0v) is 43.0. The van der Waals surface area contributed by atoms with E-state index < -0.39 is 71.7 Å². The van der Waals surface area contributed by atoms with Crippen LogP contribution in [0.15, 0.2) is 36.4 Å². The number of nitrogens with zero attached hydrogens (tertiary/aromatic N) is 2. The van der Waals surface area contributed by atoms with E-state index in [1.165, 1.54) is 62.1 Å². The summed E-state index contributed by atoms with van der Waals surface area (Å²) in [5.74, 6) is -4.00. The third kappa shape index (κ3) is 27.3. The molecule has 9 amide bonds.